The zero-order chi connectivity index (χ0) is 7.66. The Bertz CT molecular complexity index is 116. The second kappa shape index (κ2) is 8.18. The molecule has 0 atom stereocenters. The lowest BCUT2D eigenvalue weighted by molar-refractivity contribution is 0.343. The van der Waals surface area contributed by atoms with E-state index in [1.807, 2.05) is 24.3 Å². The Kier molecular flexibility index (Phi) is 7.51. The van der Waals surface area contributed by atoms with Gasteiger partial charge in [0, 0.05) is 0 Å². The molecule has 0 amide bonds. The zero-order valence-electron chi connectivity index (χ0n) is 6.33. The lowest BCUT2D eigenvalue weighted by Gasteiger charge is -1.75. The second-order valence-corrected chi connectivity index (χ2v) is 1.83. The molecule has 0 aliphatic carbocycles. The number of hydrogen-bond acceptors (Lipinski definition) is 1. The van der Waals surface area contributed by atoms with E-state index in [2.05, 4.69) is 13.0 Å². The first-order valence-electron chi connectivity index (χ1n) is 3.51. The predicted octanol–water partition coefficient (Wildman–Crippen LogP) is 2.06. The molecule has 0 heterocycles. The van der Waals surface area contributed by atoms with Crippen LogP contribution in [0.1, 0.15) is 13.3 Å². The molecule has 0 spiro atoms. The molecule has 0 saturated heterocycles. The van der Waals surface area contributed by atoms with E-state index in [9.17, 15) is 0 Å². The third kappa shape index (κ3) is 7.18. The van der Waals surface area contributed by atoms with Crippen molar-refractivity contribution in [1.29, 1.82) is 0 Å². The van der Waals surface area contributed by atoms with Crippen molar-refractivity contribution in [1.82, 2.24) is 0 Å². The average Bonchev–Trinajstić information content (AvgIpc) is 1.97. The first-order chi connectivity index (χ1) is 4.91. The maximum absolute atomic E-state index is 8.33. The summed E-state index contributed by atoms with van der Waals surface area (Å²) in [6.07, 6.45) is 12.5. The topological polar surface area (TPSA) is 20.2 Å². The maximum Gasteiger partial charge on any atom is 0.0615 e. The van der Waals surface area contributed by atoms with Crippen molar-refractivity contribution in [3.8, 4) is 0 Å². The lowest BCUT2D eigenvalue weighted by Crippen LogP contribution is -1.67. The van der Waals surface area contributed by atoms with Crippen molar-refractivity contribution in [3.63, 3.8) is 0 Å². The van der Waals surface area contributed by atoms with Gasteiger partial charge in [-0.15, -0.1) is 0 Å². The first kappa shape index (κ1) is 9.18. The largest absolute Gasteiger partial charge is 0.392 e. The number of allylic oxidation sites excluding steroid dienone is 5. The molecule has 1 nitrogen and oxygen atoms in total. The van der Waals surface area contributed by atoms with Gasteiger partial charge in [-0.1, -0.05) is 43.4 Å². The molecule has 0 fully saturated rings. The smallest absolute Gasteiger partial charge is 0.0615 e. The molecule has 0 aromatic rings. The van der Waals surface area contributed by atoms with Gasteiger partial charge < -0.3 is 5.11 Å². The van der Waals surface area contributed by atoms with Crippen molar-refractivity contribution < 1.29 is 5.11 Å². The molecule has 0 aliphatic heterocycles. The summed E-state index contributed by atoms with van der Waals surface area (Å²) in [7, 11) is 0. The number of aliphatic hydroxyl groups excluding tert-OH is 1. The van der Waals surface area contributed by atoms with Crippen LogP contribution in [0.3, 0.4) is 0 Å². The first-order valence-corrected chi connectivity index (χ1v) is 3.51. The monoisotopic (exact) mass is 138 g/mol. The van der Waals surface area contributed by atoms with E-state index >= 15 is 0 Å². The van der Waals surface area contributed by atoms with E-state index < -0.39 is 0 Å². The molecule has 0 unspecified atom stereocenters. The minimum absolute atomic E-state index is 0.113. The molecule has 0 radical (unpaired) electrons. The highest BCUT2D eigenvalue weighted by atomic mass is 16.2. The normalized spacial score (nSPS) is 12.6. The summed E-state index contributed by atoms with van der Waals surface area (Å²) in [6, 6.07) is 0. The molecule has 0 rings (SSSR count). The summed E-state index contributed by atoms with van der Waals surface area (Å²) in [5.41, 5.74) is 0. The summed E-state index contributed by atoms with van der Waals surface area (Å²) < 4.78 is 0. The summed E-state index contributed by atoms with van der Waals surface area (Å²) in [6.45, 7) is 2.20. The van der Waals surface area contributed by atoms with Gasteiger partial charge >= 0.3 is 0 Å². The van der Waals surface area contributed by atoms with Gasteiger partial charge in [0.1, 0.15) is 0 Å². The minimum atomic E-state index is 0.113. The van der Waals surface area contributed by atoms with Crippen LogP contribution in [-0.4, -0.2) is 11.7 Å². The summed E-state index contributed by atoms with van der Waals surface area (Å²) in [4.78, 5) is 0. The lowest BCUT2D eigenvalue weighted by atomic mass is 10.3. The van der Waals surface area contributed by atoms with Crippen molar-refractivity contribution in [2.75, 3.05) is 6.61 Å². The van der Waals surface area contributed by atoms with Crippen LogP contribution >= 0.6 is 0 Å². The SMILES string of the molecule is CC\C=C/C=C\C=C\CO. The van der Waals surface area contributed by atoms with Gasteiger partial charge in [0.2, 0.25) is 0 Å². The van der Waals surface area contributed by atoms with Crippen LogP contribution in [0.4, 0.5) is 0 Å². The third-order valence-electron chi connectivity index (χ3n) is 0.947. The Hall–Kier alpha value is -0.820. The Labute approximate surface area is 62.4 Å². The Balaban J connectivity index is 3.37. The molecule has 1 heteroatoms. The molecule has 0 aromatic carbocycles. The fourth-order valence-corrected chi connectivity index (χ4v) is 0.482. The Morgan fingerprint density at radius 2 is 1.60 bits per heavy atom. The number of rotatable bonds is 4. The summed E-state index contributed by atoms with van der Waals surface area (Å²) in [5.74, 6) is 0. The van der Waals surface area contributed by atoms with Crippen LogP contribution < -0.4 is 0 Å². The van der Waals surface area contributed by atoms with Crippen LogP contribution in [0.2, 0.25) is 0 Å². The quantitative estimate of drug-likeness (QED) is 0.589. The van der Waals surface area contributed by atoms with Gasteiger partial charge in [-0.3, -0.25) is 0 Å². The molecule has 0 bridgehead atoms. The van der Waals surface area contributed by atoms with E-state index in [-0.39, 0.29) is 6.61 Å². The van der Waals surface area contributed by atoms with Gasteiger partial charge in [-0.2, -0.15) is 0 Å². The molecule has 0 aromatic heterocycles. The van der Waals surface area contributed by atoms with E-state index in [1.165, 1.54) is 0 Å². The van der Waals surface area contributed by atoms with Crippen LogP contribution in [-0.2, 0) is 0 Å². The molecule has 0 aliphatic rings. The van der Waals surface area contributed by atoms with Gasteiger partial charge in [-0.05, 0) is 6.42 Å². The second-order valence-electron chi connectivity index (χ2n) is 1.83. The van der Waals surface area contributed by atoms with E-state index in [1.54, 1.807) is 6.08 Å². The van der Waals surface area contributed by atoms with Crippen molar-refractivity contribution in [2.24, 2.45) is 0 Å². The van der Waals surface area contributed by atoms with Crippen molar-refractivity contribution in [2.45, 2.75) is 13.3 Å². The fourth-order valence-electron chi connectivity index (χ4n) is 0.482. The van der Waals surface area contributed by atoms with E-state index in [0.29, 0.717) is 0 Å². The van der Waals surface area contributed by atoms with Gasteiger partial charge in [0.15, 0.2) is 0 Å². The van der Waals surface area contributed by atoms with Crippen molar-refractivity contribution >= 4 is 0 Å². The van der Waals surface area contributed by atoms with E-state index in [4.69, 9.17) is 5.11 Å². The molecule has 1 N–H and O–H groups in total. The van der Waals surface area contributed by atoms with Crippen LogP contribution in [0.15, 0.2) is 36.5 Å². The highest BCUT2D eigenvalue weighted by Crippen LogP contribution is 1.82. The van der Waals surface area contributed by atoms with Crippen molar-refractivity contribution in [3.05, 3.63) is 36.5 Å². The average molecular weight is 138 g/mol. The zero-order valence-corrected chi connectivity index (χ0v) is 6.33. The van der Waals surface area contributed by atoms with Crippen LogP contribution in [0.25, 0.3) is 0 Å². The summed E-state index contributed by atoms with van der Waals surface area (Å²) >= 11 is 0. The fraction of sp³-hybridized carbons (Fsp3) is 0.333. The molecular formula is C9H14O. The Morgan fingerprint density at radius 1 is 1.00 bits per heavy atom. The highest BCUT2D eigenvalue weighted by molar-refractivity contribution is 5.10. The highest BCUT2D eigenvalue weighted by Gasteiger charge is 1.63. The molecule has 10 heavy (non-hydrogen) atoms. The van der Waals surface area contributed by atoms with Gasteiger partial charge in [0.05, 0.1) is 6.61 Å². The standard InChI is InChI=1S/C9H14O/c1-2-3-4-5-6-7-8-9-10/h3-8,10H,2,9H2,1H3/b4-3-,6-5-,8-7+. The van der Waals surface area contributed by atoms with Crippen LogP contribution in [0.5, 0.6) is 0 Å². The number of hydrogen-bond donors (Lipinski definition) is 1. The predicted molar refractivity (Wildman–Crippen MR) is 44.8 cm³/mol. The van der Waals surface area contributed by atoms with Gasteiger partial charge in [0.25, 0.3) is 0 Å². The van der Waals surface area contributed by atoms with Crippen LogP contribution in [0, 0.1) is 0 Å². The van der Waals surface area contributed by atoms with Gasteiger partial charge in [-0.25, -0.2) is 0 Å². The third-order valence-corrected chi connectivity index (χ3v) is 0.947. The summed E-state index contributed by atoms with van der Waals surface area (Å²) in [5, 5.41) is 8.33. The maximum atomic E-state index is 8.33. The molecular weight excluding hydrogens is 124 g/mol. The Morgan fingerprint density at radius 3 is 2.10 bits per heavy atom. The minimum Gasteiger partial charge on any atom is -0.392 e. The molecule has 0 saturated carbocycles. The van der Waals surface area contributed by atoms with E-state index in [0.717, 1.165) is 6.42 Å². The number of aliphatic hydroxyl groups is 1. The molecule has 56 valence electrons.